The van der Waals surface area contributed by atoms with Crippen LogP contribution >= 0.6 is 0 Å². The van der Waals surface area contributed by atoms with Crippen LogP contribution in [0.15, 0.2) is 30.3 Å². The van der Waals surface area contributed by atoms with E-state index in [2.05, 4.69) is 17.4 Å². The van der Waals surface area contributed by atoms with Gasteiger partial charge in [-0.25, -0.2) is 0 Å². The number of aliphatic hydroxyl groups is 1. The van der Waals surface area contributed by atoms with Crippen LogP contribution < -0.4 is 5.32 Å². The van der Waals surface area contributed by atoms with Crippen molar-refractivity contribution in [2.24, 2.45) is 5.92 Å². The van der Waals surface area contributed by atoms with Crippen molar-refractivity contribution in [1.29, 1.82) is 0 Å². The largest absolute Gasteiger partial charge is 0.396 e. The van der Waals surface area contributed by atoms with Crippen molar-refractivity contribution < 1.29 is 5.11 Å². The molecular weight excluding hydrogens is 162 g/mol. The third-order valence-corrected chi connectivity index (χ3v) is 2.74. The maximum absolute atomic E-state index is 9.16. The summed E-state index contributed by atoms with van der Waals surface area (Å²) in [5.74, 6) is 0.391. The summed E-state index contributed by atoms with van der Waals surface area (Å²) in [6.07, 6.45) is 1.08. The predicted octanol–water partition coefficient (Wildman–Crippen LogP) is 1.33. The van der Waals surface area contributed by atoms with Gasteiger partial charge >= 0.3 is 0 Å². The van der Waals surface area contributed by atoms with Gasteiger partial charge in [0, 0.05) is 18.6 Å². The van der Waals surface area contributed by atoms with Gasteiger partial charge in [0.1, 0.15) is 0 Å². The van der Waals surface area contributed by atoms with Gasteiger partial charge in [-0.1, -0.05) is 30.3 Å². The van der Waals surface area contributed by atoms with E-state index in [0.29, 0.717) is 12.0 Å². The van der Waals surface area contributed by atoms with Crippen molar-refractivity contribution in [3.05, 3.63) is 35.9 Å². The zero-order valence-electron chi connectivity index (χ0n) is 7.61. The van der Waals surface area contributed by atoms with Gasteiger partial charge in [-0.15, -0.1) is 0 Å². The van der Waals surface area contributed by atoms with E-state index in [1.165, 1.54) is 5.56 Å². The normalized spacial score (nSPS) is 27.8. The highest BCUT2D eigenvalue weighted by molar-refractivity contribution is 5.20. The molecule has 0 saturated carbocycles. The minimum atomic E-state index is 0.284. The number of rotatable bonds is 2. The summed E-state index contributed by atoms with van der Waals surface area (Å²) >= 11 is 0. The molecular formula is C11H15NO. The van der Waals surface area contributed by atoms with Crippen LogP contribution in [0.4, 0.5) is 0 Å². The van der Waals surface area contributed by atoms with Gasteiger partial charge in [0.25, 0.3) is 0 Å². The molecule has 1 heterocycles. The van der Waals surface area contributed by atoms with Gasteiger partial charge in [0.05, 0.1) is 0 Å². The summed E-state index contributed by atoms with van der Waals surface area (Å²) < 4.78 is 0. The quantitative estimate of drug-likeness (QED) is 0.714. The van der Waals surface area contributed by atoms with Crippen LogP contribution in [-0.4, -0.2) is 18.3 Å². The Morgan fingerprint density at radius 2 is 2.08 bits per heavy atom. The van der Waals surface area contributed by atoms with Crippen LogP contribution in [0.1, 0.15) is 18.0 Å². The van der Waals surface area contributed by atoms with E-state index in [1.54, 1.807) is 0 Å². The highest BCUT2D eigenvalue weighted by Gasteiger charge is 2.26. The van der Waals surface area contributed by atoms with Crippen molar-refractivity contribution >= 4 is 0 Å². The van der Waals surface area contributed by atoms with Crippen molar-refractivity contribution in [3.63, 3.8) is 0 Å². The molecule has 2 atom stereocenters. The summed E-state index contributed by atoms with van der Waals surface area (Å²) in [7, 11) is 0. The first kappa shape index (κ1) is 8.73. The third kappa shape index (κ3) is 1.74. The maximum Gasteiger partial charge on any atom is 0.0477 e. The van der Waals surface area contributed by atoms with Gasteiger partial charge in [-0.2, -0.15) is 0 Å². The minimum absolute atomic E-state index is 0.284. The molecule has 2 rings (SSSR count). The van der Waals surface area contributed by atoms with E-state index in [-0.39, 0.29) is 6.61 Å². The van der Waals surface area contributed by atoms with Gasteiger partial charge in [-0.05, 0) is 18.5 Å². The van der Waals surface area contributed by atoms with Gasteiger partial charge in [0.2, 0.25) is 0 Å². The molecule has 1 aromatic rings. The summed E-state index contributed by atoms with van der Waals surface area (Å²) in [6, 6.07) is 10.7. The van der Waals surface area contributed by atoms with Crippen molar-refractivity contribution in [3.8, 4) is 0 Å². The number of hydrogen-bond donors (Lipinski definition) is 2. The molecule has 0 aliphatic carbocycles. The molecule has 70 valence electrons. The molecule has 2 nitrogen and oxygen atoms in total. The maximum atomic E-state index is 9.16. The smallest absolute Gasteiger partial charge is 0.0477 e. The Morgan fingerprint density at radius 3 is 2.77 bits per heavy atom. The molecule has 1 aliphatic heterocycles. The summed E-state index contributed by atoms with van der Waals surface area (Å²) in [5.41, 5.74) is 1.29. The molecule has 0 unspecified atom stereocenters. The average Bonchev–Trinajstić information content (AvgIpc) is 2.67. The van der Waals surface area contributed by atoms with E-state index < -0.39 is 0 Å². The lowest BCUT2D eigenvalue weighted by atomic mass is 9.95. The standard InChI is InChI=1S/C11H15NO/c13-8-10-6-7-12-11(10)9-4-2-1-3-5-9/h1-5,10-13H,6-8H2/t10-,11+/m1/s1. The average molecular weight is 177 g/mol. The SMILES string of the molecule is OC[C@H]1CCN[C@H]1c1ccccc1. The lowest BCUT2D eigenvalue weighted by Crippen LogP contribution is -2.19. The fourth-order valence-corrected chi connectivity index (χ4v) is 2.00. The van der Waals surface area contributed by atoms with Crippen LogP contribution in [0.3, 0.4) is 0 Å². The van der Waals surface area contributed by atoms with E-state index in [1.807, 2.05) is 18.2 Å². The number of hydrogen-bond acceptors (Lipinski definition) is 2. The zero-order chi connectivity index (χ0) is 9.10. The molecule has 13 heavy (non-hydrogen) atoms. The highest BCUT2D eigenvalue weighted by Crippen LogP contribution is 2.28. The zero-order valence-corrected chi connectivity index (χ0v) is 7.61. The Balaban J connectivity index is 2.16. The van der Waals surface area contributed by atoms with Gasteiger partial charge in [-0.3, -0.25) is 0 Å². The van der Waals surface area contributed by atoms with Crippen LogP contribution in [0.5, 0.6) is 0 Å². The molecule has 0 spiro atoms. The second-order valence-corrected chi connectivity index (χ2v) is 3.57. The van der Waals surface area contributed by atoms with Crippen molar-refractivity contribution in [1.82, 2.24) is 5.32 Å². The molecule has 1 aromatic carbocycles. The Morgan fingerprint density at radius 1 is 1.31 bits per heavy atom. The monoisotopic (exact) mass is 177 g/mol. The van der Waals surface area contributed by atoms with Crippen molar-refractivity contribution in [2.45, 2.75) is 12.5 Å². The Bertz CT molecular complexity index is 260. The Labute approximate surface area is 78.6 Å². The minimum Gasteiger partial charge on any atom is -0.396 e. The molecule has 0 amide bonds. The van der Waals surface area contributed by atoms with Crippen molar-refractivity contribution in [2.75, 3.05) is 13.2 Å². The second kappa shape index (κ2) is 3.90. The first-order valence-electron chi connectivity index (χ1n) is 4.81. The second-order valence-electron chi connectivity index (χ2n) is 3.57. The Hall–Kier alpha value is -0.860. The number of nitrogens with one attached hydrogen (secondary N) is 1. The molecule has 2 N–H and O–H groups in total. The fourth-order valence-electron chi connectivity index (χ4n) is 2.00. The van der Waals surface area contributed by atoms with Crippen LogP contribution in [0.25, 0.3) is 0 Å². The lowest BCUT2D eigenvalue weighted by Gasteiger charge is -2.17. The molecule has 0 radical (unpaired) electrons. The van der Waals surface area contributed by atoms with E-state index >= 15 is 0 Å². The predicted molar refractivity (Wildman–Crippen MR) is 52.4 cm³/mol. The van der Waals surface area contributed by atoms with E-state index in [0.717, 1.165) is 13.0 Å². The summed E-state index contributed by atoms with van der Waals surface area (Å²) in [5, 5.41) is 12.6. The fraction of sp³-hybridized carbons (Fsp3) is 0.455. The highest BCUT2D eigenvalue weighted by atomic mass is 16.3. The molecule has 0 bridgehead atoms. The first-order valence-corrected chi connectivity index (χ1v) is 4.81. The third-order valence-electron chi connectivity index (χ3n) is 2.74. The van der Waals surface area contributed by atoms with Crippen LogP contribution in [0.2, 0.25) is 0 Å². The molecule has 0 aromatic heterocycles. The van der Waals surface area contributed by atoms with Gasteiger partial charge in [0.15, 0.2) is 0 Å². The van der Waals surface area contributed by atoms with Crippen LogP contribution in [-0.2, 0) is 0 Å². The molecule has 1 aliphatic rings. The van der Waals surface area contributed by atoms with Crippen LogP contribution in [0, 0.1) is 5.92 Å². The number of benzene rings is 1. The van der Waals surface area contributed by atoms with Gasteiger partial charge < -0.3 is 10.4 Å². The topological polar surface area (TPSA) is 32.3 Å². The summed E-state index contributed by atoms with van der Waals surface area (Å²) in [6.45, 7) is 1.30. The Kier molecular flexibility index (Phi) is 2.62. The summed E-state index contributed by atoms with van der Waals surface area (Å²) in [4.78, 5) is 0. The molecule has 1 saturated heterocycles. The van der Waals surface area contributed by atoms with E-state index in [4.69, 9.17) is 5.11 Å². The van der Waals surface area contributed by atoms with E-state index in [9.17, 15) is 0 Å². The molecule has 1 fully saturated rings. The lowest BCUT2D eigenvalue weighted by molar-refractivity contribution is 0.214. The molecule has 2 heteroatoms. The first-order chi connectivity index (χ1) is 6.42. The number of aliphatic hydroxyl groups excluding tert-OH is 1.